The van der Waals surface area contributed by atoms with Gasteiger partial charge in [0.25, 0.3) is 0 Å². The van der Waals surface area contributed by atoms with Crippen molar-refractivity contribution in [2.45, 2.75) is 38.8 Å². The maximum atomic E-state index is 12.3. The summed E-state index contributed by atoms with van der Waals surface area (Å²) < 4.78 is 2.04. The maximum Gasteiger partial charge on any atom is 0.224 e. The molecule has 1 amide bonds. The lowest BCUT2D eigenvalue weighted by atomic mass is 9.92. The summed E-state index contributed by atoms with van der Waals surface area (Å²) in [7, 11) is 0. The number of aromatic nitrogens is 2. The first-order valence-electron chi connectivity index (χ1n) is 8.01. The Morgan fingerprint density at radius 1 is 1.36 bits per heavy atom. The van der Waals surface area contributed by atoms with Crippen LogP contribution in [-0.4, -0.2) is 44.7 Å². The van der Waals surface area contributed by atoms with Gasteiger partial charge in [-0.3, -0.25) is 4.79 Å². The molecular weight excluding hydrogens is 278 g/mol. The lowest BCUT2D eigenvalue weighted by molar-refractivity contribution is -0.133. The fourth-order valence-corrected chi connectivity index (χ4v) is 3.19. The fraction of sp³-hybridized carbons (Fsp3) is 0.529. The third-order valence-electron chi connectivity index (χ3n) is 4.67. The second-order valence-corrected chi connectivity index (χ2v) is 6.14. The van der Waals surface area contributed by atoms with E-state index in [1.54, 1.807) is 6.33 Å². The largest absolute Gasteiger partial charge is 0.393 e. The molecule has 1 aromatic heterocycles. The lowest BCUT2D eigenvalue weighted by Gasteiger charge is -2.33. The number of carbonyl (C=O) groups excluding carboxylic acids is 1. The number of amides is 1. The summed E-state index contributed by atoms with van der Waals surface area (Å²) in [4.78, 5) is 18.6. The molecule has 3 rings (SSSR count). The molecule has 1 atom stereocenters. The molecule has 1 fully saturated rings. The molecule has 0 radical (unpaired) electrons. The van der Waals surface area contributed by atoms with E-state index in [1.165, 1.54) is 0 Å². The van der Waals surface area contributed by atoms with Gasteiger partial charge < -0.3 is 14.6 Å². The molecule has 1 aromatic carbocycles. The van der Waals surface area contributed by atoms with Crippen molar-refractivity contribution in [2.24, 2.45) is 5.92 Å². The minimum Gasteiger partial charge on any atom is -0.393 e. The van der Waals surface area contributed by atoms with Crippen molar-refractivity contribution < 1.29 is 9.90 Å². The minimum atomic E-state index is -0.269. The number of nitrogens with zero attached hydrogens (tertiary/aromatic N) is 3. The van der Waals surface area contributed by atoms with Gasteiger partial charge in [0, 0.05) is 26.1 Å². The number of piperidine rings is 1. The predicted molar refractivity (Wildman–Crippen MR) is 85.3 cm³/mol. The number of carbonyl (C=O) groups is 1. The van der Waals surface area contributed by atoms with Gasteiger partial charge in [-0.25, -0.2) is 4.98 Å². The number of likely N-dealkylation sites (tertiary alicyclic amines) is 1. The van der Waals surface area contributed by atoms with Crippen LogP contribution in [-0.2, 0) is 11.3 Å². The van der Waals surface area contributed by atoms with Gasteiger partial charge in [0.15, 0.2) is 0 Å². The van der Waals surface area contributed by atoms with Crippen molar-refractivity contribution in [3.8, 4) is 0 Å². The van der Waals surface area contributed by atoms with E-state index in [4.69, 9.17) is 0 Å². The van der Waals surface area contributed by atoms with E-state index in [0.29, 0.717) is 18.9 Å². The molecule has 1 aliphatic rings. The normalized spacial score (nSPS) is 17.8. The van der Waals surface area contributed by atoms with E-state index in [2.05, 4.69) is 4.98 Å². The van der Waals surface area contributed by atoms with Crippen LogP contribution in [0.1, 0.15) is 26.2 Å². The van der Waals surface area contributed by atoms with Crippen LogP contribution in [0, 0.1) is 5.92 Å². The highest BCUT2D eigenvalue weighted by Crippen LogP contribution is 2.21. The Kier molecular flexibility index (Phi) is 4.43. The van der Waals surface area contributed by atoms with E-state index >= 15 is 0 Å². The van der Waals surface area contributed by atoms with Crippen LogP contribution >= 0.6 is 0 Å². The SMILES string of the molecule is CC(O)C1CCN(C(=O)CCn2cnc3ccccc32)CC1. The standard InChI is InChI=1S/C17H23N3O2/c1-13(21)14-6-9-19(10-7-14)17(22)8-11-20-12-18-15-4-2-3-5-16(15)20/h2-5,12-14,21H,6-11H2,1H3. The van der Waals surface area contributed by atoms with Crippen LogP contribution in [0.4, 0.5) is 0 Å². The Balaban J connectivity index is 1.55. The number of aryl methyl sites for hydroxylation is 1. The monoisotopic (exact) mass is 301 g/mol. The quantitative estimate of drug-likeness (QED) is 0.940. The second kappa shape index (κ2) is 6.48. The van der Waals surface area contributed by atoms with Crippen molar-refractivity contribution in [3.05, 3.63) is 30.6 Å². The molecule has 2 heterocycles. The average Bonchev–Trinajstić information content (AvgIpc) is 2.96. The Morgan fingerprint density at radius 3 is 2.82 bits per heavy atom. The number of aliphatic hydroxyl groups excluding tert-OH is 1. The van der Waals surface area contributed by atoms with Gasteiger partial charge in [-0.15, -0.1) is 0 Å². The number of fused-ring (bicyclic) bond motifs is 1. The van der Waals surface area contributed by atoms with Gasteiger partial charge in [-0.05, 0) is 37.8 Å². The molecule has 22 heavy (non-hydrogen) atoms. The van der Waals surface area contributed by atoms with Crippen LogP contribution in [0.2, 0.25) is 0 Å². The van der Waals surface area contributed by atoms with Crippen molar-refractivity contribution >= 4 is 16.9 Å². The maximum absolute atomic E-state index is 12.3. The molecule has 2 aromatic rings. The van der Waals surface area contributed by atoms with Gasteiger partial charge in [-0.1, -0.05) is 12.1 Å². The lowest BCUT2D eigenvalue weighted by Crippen LogP contribution is -2.41. The van der Waals surface area contributed by atoms with Crippen LogP contribution < -0.4 is 0 Å². The smallest absolute Gasteiger partial charge is 0.224 e. The zero-order valence-electron chi connectivity index (χ0n) is 13.0. The van der Waals surface area contributed by atoms with Gasteiger partial charge >= 0.3 is 0 Å². The molecule has 1 unspecified atom stereocenters. The van der Waals surface area contributed by atoms with Crippen molar-refractivity contribution in [1.82, 2.24) is 14.5 Å². The molecule has 1 N–H and O–H groups in total. The van der Waals surface area contributed by atoms with E-state index in [-0.39, 0.29) is 12.0 Å². The summed E-state index contributed by atoms with van der Waals surface area (Å²) in [5.74, 6) is 0.531. The molecule has 5 heteroatoms. The topological polar surface area (TPSA) is 58.4 Å². The fourth-order valence-electron chi connectivity index (χ4n) is 3.19. The summed E-state index contributed by atoms with van der Waals surface area (Å²) >= 11 is 0. The Labute approximate surface area is 130 Å². The molecular formula is C17H23N3O2. The minimum absolute atomic E-state index is 0.196. The number of aliphatic hydroxyl groups is 1. The Morgan fingerprint density at radius 2 is 2.09 bits per heavy atom. The first-order chi connectivity index (χ1) is 10.6. The number of hydrogen-bond acceptors (Lipinski definition) is 3. The molecule has 0 aliphatic carbocycles. The van der Waals surface area contributed by atoms with E-state index in [0.717, 1.165) is 37.0 Å². The number of para-hydroxylation sites is 2. The summed E-state index contributed by atoms with van der Waals surface area (Å²) in [6.45, 7) is 4.03. The number of rotatable bonds is 4. The first kappa shape index (κ1) is 15.0. The van der Waals surface area contributed by atoms with Crippen LogP contribution in [0.5, 0.6) is 0 Å². The Bertz CT molecular complexity index is 642. The summed E-state index contributed by atoms with van der Waals surface area (Å²) in [6.07, 6.45) is 3.83. The molecule has 0 bridgehead atoms. The molecule has 0 spiro atoms. The van der Waals surface area contributed by atoms with Gasteiger partial charge in [-0.2, -0.15) is 0 Å². The van der Waals surface area contributed by atoms with Gasteiger partial charge in [0.2, 0.25) is 5.91 Å². The third kappa shape index (κ3) is 3.14. The molecule has 118 valence electrons. The molecule has 5 nitrogen and oxygen atoms in total. The van der Waals surface area contributed by atoms with Crippen LogP contribution in [0.25, 0.3) is 11.0 Å². The van der Waals surface area contributed by atoms with E-state index in [9.17, 15) is 9.90 Å². The van der Waals surface area contributed by atoms with Crippen molar-refractivity contribution in [3.63, 3.8) is 0 Å². The summed E-state index contributed by atoms with van der Waals surface area (Å²) in [5.41, 5.74) is 2.04. The highest BCUT2D eigenvalue weighted by Gasteiger charge is 2.25. The average molecular weight is 301 g/mol. The van der Waals surface area contributed by atoms with Crippen molar-refractivity contribution in [2.75, 3.05) is 13.1 Å². The first-order valence-corrected chi connectivity index (χ1v) is 8.01. The number of imidazole rings is 1. The predicted octanol–water partition coefficient (Wildman–Crippen LogP) is 2.05. The Hall–Kier alpha value is -1.88. The number of benzene rings is 1. The van der Waals surface area contributed by atoms with Gasteiger partial charge in [0.05, 0.1) is 23.5 Å². The van der Waals surface area contributed by atoms with Crippen molar-refractivity contribution in [1.29, 1.82) is 0 Å². The van der Waals surface area contributed by atoms with E-state index < -0.39 is 0 Å². The molecule has 1 saturated heterocycles. The van der Waals surface area contributed by atoms with Gasteiger partial charge in [0.1, 0.15) is 0 Å². The molecule has 1 aliphatic heterocycles. The summed E-state index contributed by atoms with van der Waals surface area (Å²) in [6, 6.07) is 7.97. The van der Waals surface area contributed by atoms with Crippen LogP contribution in [0.15, 0.2) is 30.6 Å². The number of hydrogen-bond donors (Lipinski definition) is 1. The van der Waals surface area contributed by atoms with Crippen LogP contribution in [0.3, 0.4) is 0 Å². The zero-order chi connectivity index (χ0) is 15.5. The highest BCUT2D eigenvalue weighted by atomic mass is 16.3. The third-order valence-corrected chi connectivity index (χ3v) is 4.67. The molecule has 0 saturated carbocycles. The second-order valence-electron chi connectivity index (χ2n) is 6.14. The summed E-state index contributed by atoms with van der Waals surface area (Å²) in [5, 5.41) is 9.62. The van der Waals surface area contributed by atoms with E-state index in [1.807, 2.05) is 40.7 Å². The highest BCUT2D eigenvalue weighted by molar-refractivity contribution is 5.77. The zero-order valence-corrected chi connectivity index (χ0v) is 13.0.